The summed E-state index contributed by atoms with van der Waals surface area (Å²) in [6, 6.07) is 0. The summed E-state index contributed by atoms with van der Waals surface area (Å²) in [5.41, 5.74) is 5.01. The van der Waals surface area contributed by atoms with Gasteiger partial charge in [0.2, 0.25) is 5.78 Å². The molecule has 0 aromatic rings. The lowest BCUT2D eigenvalue weighted by molar-refractivity contribution is -0.107. The third kappa shape index (κ3) is 4.60. The summed E-state index contributed by atoms with van der Waals surface area (Å²) in [5, 5.41) is 0. The zero-order chi connectivity index (χ0) is 9.78. The lowest BCUT2D eigenvalue weighted by atomic mass is 10.1. The maximum absolute atomic E-state index is 11.0. The van der Waals surface area contributed by atoms with E-state index in [-0.39, 0.29) is 17.2 Å². The van der Waals surface area contributed by atoms with Crippen LogP contribution in [0.4, 0.5) is 0 Å². The van der Waals surface area contributed by atoms with Gasteiger partial charge in [-0.2, -0.15) is 0 Å². The van der Waals surface area contributed by atoms with Gasteiger partial charge in [0.15, 0.2) is 5.84 Å². The van der Waals surface area contributed by atoms with Crippen molar-refractivity contribution in [2.75, 3.05) is 7.05 Å². The van der Waals surface area contributed by atoms with Crippen LogP contribution in [0, 0.1) is 0 Å². The average molecular weight is 169 g/mol. The van der Waals surface area contributed by atoms with Crippen molar-refractivity contribution in [3.05, 3.63) is 0 Å². The molecule has 68 valence electrons. The second-order valence-electron chi connectivity index (χ2n) is 3.40. The van der Waals surface area contributed by atoms with Gasteiger partial charge < -0.3 is 5.73 Å². The van der Waals surface area contributed by atoms with Crippen molar-refractivity contribution >= 4 is 17.8 Å². The number of nitrogens with zero attached hydrogens (tertiary/aromatic N) is 2. The third-order valence-electron chi connectivity index (χ3n) is 1.06. The van der Waals surface area contributed by atoms with Crippen molar-refractivity contribution < 1.29 is 4.79 Å². The molecule has 4 heteroatoms. The fourth-order valence-electron chi connectivity index (χ4n) is 0.429. The average Bonchev–Trinajstić information content (AvgIpc) is 1.97. The Labute approximate surface area is 72.6 Å². The molecule has 0 rings (SSSR count). The minimum atomic E-state index is -0.340. The largest absolute Gasteiger partial charge is 0.381 e. The van der Waals surface area contributed by atoms with E-state index in [1.807, 2.05) is 20.8 Å². The molecular weight excluding hydrogens is 154 g/mol. The second kappa shape index (κ2) is 3.99. The Morgan fingerprint density at radius 2 is 1.92 bits per heavy atom. The molecule has 0 aromatic carbocycles. The third-order valence-corrected chi connectivity index (χ3v) is 1.06. The molecule has 0 amide bonds. The molecule has 4 nitrogen and oxygen atoms in total. The molecule has 0 saturated heterocycles. The molecule has 0 aliphatic rings. The number of nitrogens with two attached hydrogens (primary N) is 1. The number of carbonyl (C=O) groups is 1. The fourth-order valence-corrected chi connectivity index (χ4v) is 0.429. The number of Topliss-reactive ketones (excluding diaryl/α,β-unsaturated/α-hetero) is 1. The first kappa shape index (κ1) is 10.8. The number of carbonyl (C=O) groups excluding carboxylic acids is 1. The highest BCUT2D eigenvalue weighted by Crippen LogP contribution is 2.04. The van der Waals surface area contributed by atoms with Crippen LogP contribution in [0.1, 0.15) is 20.8 Å². The fraction of sp³-hybridized carbons (Fsp3) is 0.625. The molecule has 0 aliphatic heterocycles. The Kier molecular flexibility index (Phi) is 3.60. The van der Waals surface area contributed by atoms with E-state index in [0.717, 1.165) is 0 Å². The van der Waals surface area contributed by atoms with Gasteiger partial charge in [0.05, 0.1) is 11.8 Å². The first-order valence-electron chi connectivity index (χ1n) is 3.68. The molecule has 0 aromatic heterocycles. The monoisotopic (exact) mass is 169 g/mol. The zero-order valence-corrected chi connectivity index (χ0v) is 7.96. The van der Waals surface area contributed by atoms with E-state index in [0.29, 0.717) is 0 Å². The highest BCUT2D eigenvalue weighted by atomic mass is 16.1. The Bertz CT molecular complexity index is 223. The van der Waals surface area contributed by atoms with Gasteiger partial charge in [0.1, 0.15) is 0 Å². The van der Waals surface area contributed by atoms with E-state index in [4.69, 9.17) is 5.73 Å². The highest BCUT2D eigenvalue weighted by molar-refractivity contribution is 6.59. The SMILES string of the molecule is CN=C(N)C(=O)C=NC(C)(C)C. The zero-order valence-electron chi connectivity index (χ0n) is 7.96. The van der Waals surface area contributed by atoms with Crippen molar-refractivity contribution in [1.82, 2.24) is 0 Å². The summed E-state index contributed by atoms with van der Waals surface area (Å²) in [4.78, 5) is 18.5. The van der Waals surface area contributed by atoms with Gasteiger partial charge >= 0.3 is 0 Å². The maximum atomic E-state index is 11.0. The molecule has 0 fully saturated rings. The quantitative estimate of drug-likeness (QED) is 0.480. The summed E-state index contributed by atoms with van der Waals surface area (Å²) >= 11 is 0. The number of hydrogen-bond acceptors (Lipinski definition) is 3. The minimum Gasteiger partial charge on any atom is -0.381 e. The maximum Gasteiger partial charge on any atom is 0.237 e. The first-order valence-corrected chi connectivity index (χ1v) is 3.68. The number of amidine groups is 1. The summed E-state index contributed by atoms with van der Waals surface area (Å²) in [5.74, 6) is -0.351. The van der Waals surface area contributed by atoms with Crippen LogP contribution in [0.15, 0.2) is 9.98 Å². The van der Waals surface area contributed by atoms with E-state index in [9.17, 15) is 4.79 Å². The second-order valence-corrected chi connectivity index (χ2v) is 3.40. The summed E-state index contributed by atoms with van der Waals surface area (Å²) in [6.45, 7) is 5.70. The van der Waals surface area contributed by atoms with Crippen molar-refractivity contribution in [3.63, 3.8) is 0 Å². The van der Waals surface area contributed by atoms with Crippen molar-refractivity contribution in [2.45, 2.75) is 26.3 Å². The Morgan fingerprint density at radius 1 is 1.42 bits per heavy atom. The van der Waals surface area contributed by atoms with Crippen LogP contribution in [0.2, 0.25) is 0 Å². The van der Waals surface area contributed by atoms with E-state index >= 15 is 0 Å². The Balaban J connectivity index is 4.29. The smallest absolute Gasteiger partial charge is 0.237 e. The predicted molar refractivity (Wildman–Crippen MR) is 50.8 cm³/mol. The van der Waals surface area contributed by atoms with E-state index in [1.165, 1.54) is 13.3 Å². The number of rotatable bonds is 2. The summed E-state index contributed by atoms with van der Waals surface area (Å²) in [7, 11) is 1.47. The molecule has 0 saturated carbocycles. The molecule has 0 unspecified atom stereocenters. The number of aliphatic imine (C=N–C) groups is 2. The van der Waals surface area contributed by atoms with Crippen LogP contribution in [-0.4, -0.2) is 30.4 Å². The van der Waals surface area contributed by atoms with Crippen LogP contribution in [0.25, 0.3) is 0 Å². The van der Waals surface area contributed by atoms with Crippen LogP contribution in [0.3, 0.4) is 0 Å². The first-order chi connectivity index (χ1) is 5.37. The van der Waals surface area contributed by atoms with E-state index in [2.05, 4.69) is 9.98 Å². The molecule has 0 heterocycles. The van der Waals surface area contributed by atoms with Gasteiger partial charge in [0.25, 0.3) is 0 Å². The summed E-state index contributed by atoms with van der Waals surface area (Å²) in [6.07, 6.45) is 1.21. The van der Waals surface area contributed by atoms with Crippen LogP contribution >= 0.6 is 0 Å². The molecule has 0 atom stereocenters. The number of hydrogen-bond donors (Lipinski definition) is 1. The van der Waals surface area contributed by atoms with Gasteiger partial charge in [-0.3, -0.25) is 14.8 Å². The Hall–Kier alpha value is -1.19. The van der Waals surface area contributed by atoms with Crippen molar-refractivity contribution in [2.24, 2.45) is 15.7 Å². The minimum absolute atomic E-state index is 0.0111. The van der Waals surface area contributed by atoms with Gasteiger partial charge in [-0.1, -0.05) is 0 Å². The molecule has 0 spiro atoms. The van der Waals surface area contributed by atoms with Gasteiger partial charge in [-0.25, -0.2) is 0 Å². The molecule has 2 N–H and O–H groups in total. The Morgan fingerprint density at radius 3 is 2.25 bits per heavy atom. The topological polar surface area (TPSA) is 67.8 Å². The van der Waals surface area contributed by atoms with Crippen LogP contribution in [0.5, 0.6) is 0 Å². The van der Waals surface area contributed by atoms with Gasteiger partial charge in [-0.15, -0.1) is 0 Å². The molecular formula is C8H15N3O. The molecule has 0 aliphatic carbocycles. The number of ketones is 1. The van der Waals surface area contributed by atoms with Crippen molar-refractivity contribution in [1.29, 1.82) is 0 Å². The summed E-state index contributed by atoms with van der Waals surface area (Å²) < 4.78 is 0. The van der Waals surface area contributed by atoms with E-state index in [1.54, 1.807) is 0 Å². The predicted octanol–water partition coefficient (Wildman–Crippen LogP) is 0.412. The standard InChI is InChI=1S/C8H15N3O/c1-8(2,3)11-5-6(12)7(9)10-4/h5H,1-4H3,(H2,9,10). The molecule has 12 heavy (non-hydrogen) atoms. The van der Waals surface area contributed by atoms with Gasteiger partial charge in [0, 0.05) is 7.05 Å². The molecule has 0 radical (unpaired) electrons. The van der Waals surface area contributed by atoms with Crippen molar-refractivity contribution in [3.8, 4) is 0 Å². The van der Waals surface area contributed by atoms with Crippen LogP contribution in [-0.2, 0) is 4.79 Å². The lowest BCUT2D eigenvalue weighted by Crippen LogP contribution is -2.25. The molecule has 0 bridgehead atoms. The lowest BCUT2D eigenvalue weighted by Gasteiger charge is -2.09. The van der Waals surface area contributed by atoms with Crippen LogP contribution < -0.4 is 5.73 Å². The highest BCUT2D eigenvalue weighted by Gasteiger charge is 2.08. The normalized spacial score (nSPS) is 13.8. The van der Waals surface area contributed by atoms with Gasteiger partial charge in [-0.05, 0) is 20.8 Å². The van der Waals surface area contributed by atoms with E-state index < -0.39 is 0 Å².